The molecular formula is C21H26N2O4S. The van der Waals surface area contributed by atoms with Crippen LogP contribution >= 0.6 is 0 Å². The van der Waals surface area contributed by atoms with E-state index in [0.29, 0.717) is 43.9 Å². The number of furan rings is 1. The van der Waals surface area contributed by atoms with Crippen LogP contribution in [0.3, 0.4) is 0 Å². The van der Waals surface area contributed by atoms with Gasteiger partial charge in [0.15, 0.2) is 0 Å². The molecule has 28 heavy (non-hydrogen) atoms. The van der Waals surface area contributed by atoms with Gasteiger partial charge in [0.1, 0.15) is 5.76 Å². The Labute approximate surface area is 166 Å². The van der Waals surface area contributed by atoms with Gasteiger partial charge in [0.2, 0.25) is 15.9 Å². The molecule has 1 fully saturated rings. The van der Waals surface area contributed by atoms with Gasteiger partial charge in [-0.15, -0.1) is 0 Å². The lowest BCUT2D eigenvalue weighted by molar-refractivity contribution is -0.132. The van der Waals surface area contributed by atoms with Crippen molar-refractivity contribution < 1.29 is 17.6 Å². The molecule has 1 amide bonds. The van der Waals surface area contributed by atoms with E-state index in [0.717, 1.165) is 25.0 Å². The molecule has 0 saturated carbocycles. The first-order valence-electron chi connectivity index (χ1n) is 9.96. The molecule has 1 aliphatic carbocycles. The molecule has 1 saturated heterocycles. The van der Waals surface area contributed by atoms with Crippen LogP contribution in [0.1, 0.15) is 36.1 Å². The van der Waals surface area contributed by atoms with E-state index in [9.17, 15) is 13.2 Å². The molecule has 150 valence electrons. The van der Waals surface area contributed by atoms with Crippen LogP contribution in [-0.4, -0.2) is 49.7 Å². The molecule has 0 N–H and O–H groups in total. The molecule has 1 aromatic heterocycles. The average molecular weight is 403 g/mol. The van der Waals surface area contributed by atoms with E-state index in [2.05, 4.69) is 0 Å². The van der Waals surface area contributed by atoms with E-state index in [1.807, 2.05) is 24.3 Å². The zero-order valence-electron chi connectivity index (χ0n) is 16.0. The van der Waals surface area contributed by atoms with E-state index < -0.39 is 10.0 Å². The maximum Gasteiger partial charge on any atom is 0.243 e. The van der Waals surface area contributed by atoms with Crippen molar-refractivity contribution in [2.75, 3.05) is 26.2 Å². The number of hydrogen-bond donors (Lipinski definition) is 0. The van der Waals surface area contributed by atoms with Gasteiger partial charge in [0.25, 0.3) is 0 Å². The Morgan fingerprint density at radius 1 is 1.00 bits per heavy atom. The van der Waals surface area contributed by atoms with Crippen LogP contribution in [0.5, 0.6) is 0 Å². The van der Waals surface area contributed by atoms with Crippen molar-refractivity contribution in [1.82, 2.24) is 9.21 Å². The molecule has 0 unspecified atom stereocenters. The minimum Gasteiger partial charge on any atom is -0.469 e. The first-order chi connectivity index (χ1) is 13.5. The first-order valence-corrected chi connectivity index (χ1v) is 11.4. The normalized spacial score (nSPS) is 18.1. The van der Waals surface area contributed by atoms with Gasteiger partial charge >= 0.3 is 0 Å². The lowest BCUT2D eigenvalue weighted by Crippen LogP contribution is -2.50. The molecule has 2 aliphatic rings. The third-order valence-corrected chi connectivity index (χ3v) is 7.61. The van der Waals surface area contributed by atoms with Crippen LogP contribution in [-0.2, 0) is 34.1 Å². The maximum absolute atomic E-state index is 13.0. The number of carbonyl (C=O) groups excluding carboxylic acids is 1. The van der Waals surface area contributed by atoms with Crippen LogP contribution in [0.4, 0.5) is 0 Å². The minimum absolute atomic E-state index is 0.0437. The van der Waals surface area contributed by atoms with Crippen molar-refractivity contribution >= 4 is 15.9 Å². The van der Waals surface area contributed by atoms with Crippen LogP contribution in [0.25, 0.3) is 0 Å². The SMILES string of the molecule is O=C(CCc1ccco1)N1CCN(S(=O)(=O)c2ccc3c(c2)CCCC3)CC1. The summed E-state index contributed by atoms with van der Waals surface area (Å²) in [4.78, 5) is 14.5. The van der Waals surface area contributed by atoms with Gasteiger partial charge in [-0.1, -0.05) is 6.07 Å². The van der Waals surface area contributed by atoms with Gasteiger partial charge in [-0.2, -0.15) is 4.31 Å². The van der Waals surface area contributed by atoms with Crippen LogP contribution in [0, 0.1) is 0 Å². The number of carbonyl (C=O) groups is 1. The van der Waals surface area contributed by atoms with Crippen LogP contribution in [0.15, 0.2) is 45.9 Å². The molecular weight excluding hydrogens is 376 g/mol. The second kappa shape index (κ2) is 8.09. The quantitative estimate of drug-likeness (QED) is 0.771. The molecule has 0 atom stereocenters. The Morgan fingerprint density at radius 3 is 2.46 bits per heavy atom. The Hall–Kier alpha value is -2.12. The monoisotopic (exact) mass is 402 g/mol. The summed E-state index contributed by atoms with van der Waals surface area (Å²) in [7, 11) is -3.51. The summed E-state index contributed by atoms with van der Waals surface area (Å²) in [5.74, 6) is 0.837. The van der Waals surface area contributed by atoms with Gasteiger partial charge in [0.05, 0.1) is 11.2 Å². The third-order valence-electron chi connectivity index (χ3n) is 5.71. The first kappa shape index (κ1) is 19.2. The molecule has 6 nitrogen and oxygen atoms in total. The predicted molar refractivity (Wildman–Crippen MR) is 105 cm³/mol. The summed E-state index contributed by atoms with van der Waals surface area (Å²) in [5, 5.41) is 0. The van der Waals surface area contributed by atoms with E-state index >= 15 is 0 Å². The molecule has 1 aromatic carbocycles. The predicted octanol–water partition coefficient (Wildman–Crippen LogP) is 2.62. The number of benzene rings is 1. The van der Waals surface area contributed by atoms with Crippen molar-refractivity contribution in [3.63, 3.8) is 0 Å². The summed E-state index contributed by atoms with van der Waals surface area (Å²) in [6.07, 6.45) is 6.84. The number of sulfonamides is 1. The van der Waals surface area contributed by atoms with Crippen molar-refractivity contribution in [3.8, 4) is 0 Å². The molecule has 0 bridgehead atoms. The zero-order valence-corrected chi connectivity index (χ0v) is 16.8. The van der Waals surface area contributed by atoms with Gasteiger partial charge in [-0.25, -0.2) is 8.42 Å². The molecule has 2 aromatic rings. The van der Waals surface area contributed by atoms with E-state index in [4.69, 9.17) is 4.42 Å². The zero-order chi connectivity index (χ0) is 19.6. The second-order valence-electron chi connectivity index (χ2n) is 7.50. The maximum atomic E-state index is 13.0. The Kier molecular flexibility index (Phi) is 5.55. The highest BCUT2D eigenvalue weighted by atomic mass is 32.2. The molecule has 0 spiro atoms. The highest BCUT2D eigenvalue weighted by Gasteiger charge is 2.30. The number of nitrogens with zero attached hydrogens (tertiary/aromatic N) is 2. The van der Waals surface area contributed by atoms with Crippen molar-refractivity contribution in [2.45, 2.75) is 43.4 Å². The Bertz CT molecular complexity index is 929. The topological polar surface area (TPSA) is 70.8 Å². The summed E-state index contributed by atoms with van der Waals surface area (Å²) in [6, 6.07) is 9.22. The van der Waals surface area contributed by atoms with Crippen molar-refractivity contribution in [3.05, 3.63) is 53.5 Å². The fourth-order valence-electron chi connectivity index (χ4n) is 4.04. The van der Waals surface area contributed by atoms with Gasteiger partial charge in [-0.05, 0) is 61.1 Å². The van der Waals surface area contributed by atoms with E-state index in [-0.39, 0.29) is 5.91 Å². The number of piperazine rings is 1. The molecule has 1 aliphatic heterocycles. The highest BCUT2D eigenvalue weighted by molar-refractivity contribution is 7.89. The summed E-state index contributed by atoms with van der Waals surface area (Å²) in [6.45, 7) is 1.54. The van der Waals surface area contributed by atoms with E-state index in [1.165, 1.54) is 21.9 Å². The lowest BCUT2D eigenvalue weighted by atomic mass is 9.92. The van der Waals surface area contributed by atoms with Crippen LogP contribution in [0.2, 0.25) is 0 Å². The highest BCUT2D eigenvalue weighted by Crippen LogP contribution is 2.26. The number of fused-ring (bicyclic) bond motifs is 1. The molecule has 0 radical (unpaired) electrons. The number of aryl methyl sites for hydroxylation is 3. The summed E-state index contributed by atoms with van der Waals surface area (Å²) in [5.41, 5.74) is 2.44. The number of amides is 1. The average Bonchev–Trinajstić information content (AvgIpc) is 3.25. The van der Waals surface area contributed by atoms with Crippen molar-refractivity contribution in [2.24, 2.45) is 0 Å². The van der Waals surface area contributed by atoms with Crippen LogP contribution < -0.4 is 0 Å². The molecule has 7 heteroatoms. The van der Waals surface area contributed by atoms with E-state index in [1.54, 1.807) is 17.2 Å². The van der Waals surface area contributed by atoms with Gasteiger partial charge < -0.3 is 9.32 Å². The van der Waals surface area contributed by atoms with Gasteiger partial charge in [0, 0.05) is 39.0 Å². The lowest BCUT2D eigenvalue weighted by Gasteiger charge is -2.34. The van der Waals surface area contributed by atoms with Crippen molar-refractivity contribution in [1.29, 1.82) is 0 Å². The number of hydrogen-bond acceptors (Lipinski definition) is 4. The fraction of sp³-hybridized carbons (Fsp3) is 0.476. The Balaban J connectivity index is 1.36. The summed E-state index contributed by atoms with van der Waals surface area (Å²) < 4.78 is 32.9. The van der Waals surface area contributed by atoms with Gasteiger partial charge in [-0.3, -0.25) is 4.79 Å². The smallest absolute Gasteiger partial charge is 0.243 e. The number of rotatable bonds is 5. The third kappa shape index (κ3) is 4.00. The molecule has 2 heterocycles. The molecule has 4 rings (SSSR count). The minimum atomic E-state index is -3.51. The standard InChI is InChI=1S/C21H26N2O4S/c24-21(10-8-19-6-3-15-27-19)22-11-13-23(14-12-22)28(25,26)20-9-7-17-4-1-2-5-18(17)16-20/h3,6-7,9,15-16H,1-2,4-5,8,10-14H2. The largest absolute Gasteiger partial charge is 0.469 e. The second-order valence-corrected chi connectivity index (χ2v) is 9.44. The fourth-order valence-corrected chi connectivity index (χ4v) is 5.51. The Morgan fingerprint density at radius 2 is 1.75 bits per heavy atom. The summed E-state index contributed by atoms with van der Waals surface area (Å²) >= 11 is 0.